The van der Waals surface area contributed by atoms with E-state index in [1.807, 2.05) is 4.90 Å². The number of imide groups is 1. The average molecular weight is 398 g/mol. The first kappa shape index (κ1) is 20.8. The number of benzene rings is 1. The highest BCUT2D eigenvalue weighted by Crippen LogP contribution is 2.36. The van der Waals surface area contributed by atoms with Crippen molar-refractivity contribution in [2.24, 2.45) is 4.36 Å². The molecule has 3 amide bonds. The summed E-state index contributed by atoms with van der Waals surface area (Å²) < 4.78 is 36.1. The molecule has 0 aromatic heterocycles. The molecule has 0 aliphatic carbocycles. The van der Waals surface area contributed by atoms with Gasteiger partial charge in [-0.15, -0.1) is 4.36 Å². The Balaban J connectivity index is 2.57. The molecule has 1 aliphatic heterocycles. The number of hydrogen-bond donors (Lipinski definition) is 2. The SMILES string of the molecule is CNC(=O)NC(=O)C(C)(c1ccc(OC)c(N=S(=O)=O)c1)N1CCOCC1. The van der Waals surface area contributed by atoms with Gasteiger partial charge in [-0.25, -0.2) is 4.79 Å². The summed E-state index contributed by atoms with van der Waals surface area (Å²) in [6.45, 7) is 3.45. The Bertz CT molecular complexity index is 842. The Morgan fingerprint density at radius 3 is 2.52 bits per heavy atom. The maximum absolute atomic E-state index is 13.0. The molecule has 0 saturated carbocycles. The van der Waals surface area contributed by atoms with Gasteiger partial charge in [0.15, 0.2) is 0 Å². The molecule has 0 radical (unpaired) electrons. The molecule has 1 aromatic rings. The van der Waals surface area contributed by atoms with Crippen molar-refractivity contribution < 1.29 is 27.5 Å². The number of morpholine rings is 1. The zero-order valence-electron chi connectivity index (χ0n) is 15.3. The predicted molar refractivity (Wildman–Crippen MR) is 96.3 cm³/mol. The van der Waals surface area contributed by atoms with Crippen LogP contribution in [0.2, 0.25) is 0 Å². The van der Waals surface area contributed by atoms with Gasteiger partial charge >= 0.3 is 16.5 Å². The summed E-state index contributed by atoms with van der Waals surface area (Å²) in [6, 6.07) is 4.00. The van der Waals surface area contributed by atoms with Crippen LogP contribution in [0.5, 0.6) is 5.75 Å². The van der Waals surface area contributed by atoms with E-state index in [2.05, 4.69) is 15.0 Å². The highest BCUT2D eigenvalue weighted by Gasteiger charge is 2.43. The van der Waals surface area contributed by atoms with Gasteiger partial charge in [0, 0.05) is 20.1 Å². The molecule has 1 aliphatic rings. The number of nitrogens with zero attached hydrogens (tertiary/aromatic N) is 2. The first-order valence-electron chi connectivity index (χ1n) is 8.18. The number of nitrogens with one attached hydrogen (secondary N) is 2. The van der Waals surface area contributed by atoms with E-state index in [0.29, 0.717) is 31.9 Å². The third-order valence-electron chi connectivity index (χ3n) is 4.45. The number of rotatable bonds is 5. The second-order valence-electron chi connectivity index (χ2n) is 5.90. The van der Waals surface area contributed by atoms with E-state index in [-0.39, 0.29) is 11.4 Å². The summed E-state index contributed by atoms with van der Waals surface area (Å²) >= 11 is 0. The van der Waals surface area contributed by atoms with Crippen LogP contribution in [0.1, 0.15) is 12.5 Å². The monoisotopic (exact) mass is 398 g/mol. The van der Waals surface area contributed by atoms with Crippen LogP contribution in [-0.4, -0.2) is 65.7 Å². The van der Waals surface area contributed by atoms with Crippen molar-refractivity contribution in [2.45, 2.75) is 12.5 Å². The molecule has 0 bridgehead atoms. The molecule has 11 heteroatoms. The molecular formula is C16H22N4O6S. The Kier molecular flexibility index (Phi) is 6.88. The minimum absolute atomic E-state index is 0.0653. The molecule has 1 saturated heterocycles. The van der Waals surface area contributed by atoms with Crippen LogP contribution in [0.4, 0.5) is 10.5 Å². The number of ether oxygens (including phenoxy) is 2. The van der Waals surface area contributed by atoms with Gasteiger partial charge in [0.2, 0.25) is 0 Å². The Hall–Kier alpha value is -2.50. The molecule has 2 rings (SSSR count). The molecule has 148 valence electrons. The number of amides is 3. The van der Waals surface area contributed by atoms with Crippen molar-refractivity contribution in [3.63, 3.8) is 0 Å². The van der Waals surface area contributed by atoms with Crippen molar-refractivity contribution in [1.82, 2.24) is 15.5 Å². The van der Waals surface area contributed by atoms with Crippen molar-refractivity contribution in [3.8, 4) is 5.75 Å². The van der Waals surface area contributed by atoms with Gasteiger partial charge in [0.05, 0.1) is 20.3 Å². The van der Waals surface area contributed by atoms with Crippen molar-refractivity contribution in [1.29, 1.82) is 0 Å². The van der Waals surface area contributed by atoms with E-state index in [1.165, 1.54) is 26.3 Å². The van der Waals surface area contributed by atoms with Crippen molar-refractivity contribution >= 4 is 28.1 Å². The number of carbonyl (C=O) groups is 2. The molecule has 2 N–H and O–H groups in total. The first-order valence-corrected chi connectivity index (χ1v) is 9.21. The molecule has 1 unspecified atom stereocenters. The van der Waals surface area contributed by atoms with E-state index < -0.39 is 28.0 Å². The summed E-state index contributed by atoms with van der Waals surface area (Å²) in [4.78, 5) is 26.5. The predicted octanol–water partition coefficient (Wildman–Crippen LogP) is 0.392. The number of urea groups is 1. The zero-order valence-corrected chi connectivity index (χ0v) is 16.1. The molecule has 1 atom stereocenters. The number of methoxy groups -OCH3 is 1. The lowest BCUT2D eigenvalue weighted by Crippen LogP contribution is -2.59. The quantitative estimate of drug-likeness (QED) is 0.735. The zero-order chi connectivity index (χ0) is 20.0. The molecule has 1 heterocycles. The summed E-state index contributed by atoms with van der Waals surface area (Å²) in [5.74, 6) is -0.304. The fourth-order valence-electron chi connectivity index (χ4n) is 2.90. The topological polar surface area (TPSA) is 126 Å². The third kappa shape index (κ3) is 4.62. The van der Waals surface area contributed by atoms with Crippen LogP contribution in [0, 0.1) is 0 Å². The fourth-order valence-corrected chi connectivity index (χ4v) is 3.20. The minimum atomic E-state index is -2.69. The summed E-state index contributed by atoms with van der Waals surface area (Å²) in [5, 5.41) is 4.64. The van der Waals surface area contributed by atoms with Crippen LogP contribution in [0.25, 0.3) is 0 Å². The van der Waals surface area contributed by atoms with Gasteiger partial charge < -0.3 is 14.8 Å². The van der Waals surface area contributed by atoms with Crippen molar-refractivity contribution in [3.05, 3.63) is 23.8 Å². The van der Waals surface area contributed by atoms with E-state index >= 15 is 0 Å². The second kappa shape index (κ2) is 8.93. The highest BCUT2D eigenvalue weighted by molar-refractivity contribution is 7.61. The Labute approximate surface area is 158 Å². The van der Waals surface area contributed by atoms with Gasteiger partial charge in [0.1, 0.15) is 17.0 Å². The Morgan fingerprint density at radius 1 is 1.30 bits per heavy atom. The fraction of sp³-hybridized carbons (Fsp3) is 0.500. The van der Waals surface area contributed by atoms with E-state index in [0.717, 1.165) is 0 Å². The van der Waals surface area contributed by atoms with E-state index in [9.17, 15) is 18.0 Å². The normalized spacial score (nSPS) is 16.7. The lowest BCUT2D eigenvalue weighted by Gasteiger charge is -2.42. The van der Waals surface area contributed by atoms with Gasteiger partial charge in [-0.2, -0.15) is 8.42 Å². The van der Waals surface area contributed by atoms with Crippen LogP contribution in [0.15, 0.2) is 22.6 Å². The standard InChI is InChI=1S/C16H22N4O6S/c1-16(14(21)18-15(22)17-2,20-6-8-26-9-7-20)11-4-5-13(25-3)12(10-11)19-27(23)24/h4-5,10H,6-9H2,1-3H3,(H2,17,18,21,22). The number of hydrogen-bond acceptors (Lipinski definition) is 8. The summed E-state index contributed by atoms with van der Waals surface area (Å²) in [5.41, 5.74) is -0.719. The molecule has 0 spiro atoms. The van der Waals surface area contributed by atoms with Gasteiger partial charge in [-0.05, 0) is 24.6 Å². The largest absolute Gasteiger partial charge is 0.494 e. The maximum atomic E-state index is 13.0. The smallest absolute Gasteiger partial charge is 0.321 e. The lowest BCUT2D eigenvalue weighted by molar-refractivity contribution is -0.135. The van der Waals surface area contributed by atoms with Gasteiger partial charge in [0.25, 0.3) is 5.91 Å². The molecule has 1 aromatic carbocycles. The van der Waals surface area contributed by atoms with E-state index in [1.54, 1.807) is 13.0 Å². The van der Waals surface area contributed by atoms with Gasteiger partial charge in [-0.3, -0.25) is 15.0 Å². The van der Waals surface area contributed by atoms with Crippen LogP contribution in [-0.2, 0) is 25.6 Å². The lowest BCUT2D eigenvalue weighted by atomic mass is 9.88. The van der Waals surface area contributed by atoms with E-state index in [4.69, 9.17) is 9.47 Å². The maximum Gasteiger partial charge on any atom is 0.321 e. The van der Waals surface area contributed by atoms with Crippen LogP contribution >= 0.6 is 0 Å². The molecule has 1 fully saturated rings. The average Bonchev–Trinajstić information content (AvgIpc) is 2.67. The van der Waals surface area contributed by atoms with Crippen LogP contribution < -0.4 is 15.4 Å². The summed E-state index contributed by atoms with van der Waals surface area (Å²) in [6.07, 6.45) is 0. The number of carbonyl (C=O) groups excluding carboxylic acids is 2. The Morgan fingerprint density at radius 2 is 1.96 bits per heavy atom. The second-order valence-corrected chi connectivity index (χ2v) is 6.52. The summed E-state index contributed by atoms with van der Waals surface area (Å²) in [7, 11) is 0.103. The van der Waals surface area contributed by atoms with Crippen molar-refractivity contribution in [2.75, 3.05) is 40.5 Å². The third-order valence-corrected chi connectivity index (χ3v) is 4.80. The first-order chi connectivity index (χ1) is 12.8. The molecule has 27 heavy (non-hydrogen) atoms. The molecular weight excluding hydrogens is 376 g/mol. The minimum Gasteiger partial charge on any atom is -0.494 e. The molecule has 10 nitrogen and oxygen atoms in total. The highest BCUT2D eigenvalue weighted by atomic mass is 32.2. The van der Waals surface area contributed by atoms with Gasteiger partial charge in [-0.1, -0.05) is 6.07 Å². The van der Waals surface area contributed by atoms with Crippen LogP contribution in [0.3, 0.4) is 0 Å².